The van der Waals surface area contributed by atoms with Crippen molar-refractivity contribution in [3.05, 3.63) is 11.1 Å². The summed E-state index contributed by atoms with van der Waals surface area (Å²) in [6, 6.07) is -1.39. The minimum atomic E-state index is -4.93. The number of oxime groups is 1. The average Bonchev–Trinajstić information content (AvgIpc) is 3.37. The highest BCUT2D eigenvalue weighted by Gasteiger charge is 2.55. The number of aromatic nitrogens is 5. The maximum atomic E-state index is 12.8. The topological polar surface area (TPSA) is 211 Å². The first-order valence-corrected chi connectivity index (χ1v) is 12.2. The second-order valence-corrected chi connectivity index (χ2v) is 9.50. The Morgan fingerprint density at radius 2 is 2.18 bits per heavy atom. The van der Waals surface area contributed by atoms with Gasteiger partial charge in [-0.2, -0.15) is 12.7 Å². The second-order valence-electron chi connectivity index (χ2n) is 6.00. The number of thioether (sulfide) groups is 1. The number of hydrogen-bond acceptors (Lipinski definition) is 13. The second kappa shape index (κ2) is 9.95. The molecule has 0 saturated carbocycles. The van der Waals surface area contributed by atoms with E-state index in [4.69, 9.17) is 11.6 Å². The number of hydrogen-bond donors (Lipinski definition) is 3. The summed E-state index contributed by atoms with van der Waals surface area (Å²) in [5.41, 5.74) is -0.355. The lowest BCUT2D eigenvalue weighted by atomic mass is 10.1. The zero-order valence-corrected chi connectivity index (χ0v) is 19.8. The van der Waals surface area contributed by atoms with Crippen molar-refractivity contribution < 1.29 is 32.2 Å². The molecule has 0 unspecified atom stereocenters. The number of alkyl halides is 1. The number of tetrazole rings is 1. The molecule has 1 fully saturated rings. The van der Waals surface area contributed by atoms with Gasteiger partial charge in [0.25, 0.3) is 11.8 Å². The number of β-lactam (4-membered cyclic amide) rings is 1. The van der Waals surface area contributed by atoms with Crippen LogP contribution >= 0.6 is 34.7 Å². The van der Waals surface area contributed by atoms with Crippen LogP contribution < -0.4 is 10.6 Å². The van der Waals surface area contributed by atoms with Gasteiger partial charge in [-0.05, 0) is 10.4 Å². The van der Waals surface area contributed by atoms with Gasteiger partial charge in [0.05, 0.1) is 0 Å². The molecule has 0 aliphatic carbocycles. The summed E-state index contributed by atoms with van der Waals surface area (Å²) in [6.07, 6.45) is 0. The van der Waals surface area contributed by atoms with Crippen LogP contribution in [-0.2, 0) is 36.6 Å². The third kappa shape index (κ3) is 5.38. The first kappa shape index (κ1) is 24.8. The SMILES string of the molecule is CO/N=C(\C(=O)N[C@@H]1C(=O)N(S(=O)(=O)O)[C@H]1Sc1nnnn1C)c1csc(NC(=O)CCl)n1. The molecule has 0 bridgehead atoms. The molecule has 0 spiro atoms. The van der Waals surface area contributed by atoms with Crippen LogP contribution in [0.15, 0.2) is 15.7 Å². The van der Waals surface area contributed by atoms with E-state index in [0.717, 1.165) is 23.1 Å². The molecule has 2 aromatic heterocycles. The lowest BCUT2D eigenvalue weighted by molar-refractivity contribution is -0.141. The van der Waals surface area contributed by atoms with Gasteiger partial charge >= 0.3 is 10.3 Å². The molecule has 178 valence electrons. The molecular weight excluding hydrogens is 526 g/mol. The molecule has 3 amide bonds. The average molecular weight is 540 g/mol. The molecule has 20 heteroatoms. The Kier molecular flexibility index (Phi) is 7.47. The smallest absolute Gasteiger partial charge is 0.363 e. The fourth-order valence-corrected chi connectivity index (χ4v) is 5.43. The summed E-state index contributed by atoms with van der Waals surface area (Å²) >= 11 is 7.13. The predicted octanol–water partition coefficient (Wildman–Crippen LogP) is -1.56. The molecule has 16 nitrogen and oxygen atoms in total. The molecule has 33 heavy (non-hydrogen) atoms. The molecule has 3 heterocycles. The van der Waals surface area contributed by atoms with Crippen LogP contribution in [0.2, 0.25) is 0 Å². The Labute approximate surface area is 198 Å². The van der Waals surface area contributed by atoms with Gasteiger partial charge in [-0.15, -0.1) is 28.0 Å². The van der Waals surface area contributed by atoms with E-state index >= 15 is 0 Å². The van der Waals surface area contributed by atoms with Gasteiger partial charge in [0, 0.05) is 12.4 Å². The Hall–Kier alpha value is -2.87. The van der Waals surface area contributed by atoms with Gasteiger partial charge in [0.1, 0.15) is 30.1 Å². The number of nitrogens with one attached hydrogen (secondary N) is 2. The van der Waals surface area contributed by atoms with Gasteiger partial charge in [-0.3, -0.25) is 18.9 Å². The summed E-state index contributed by atoms with van der Waals surface area (Å²) < 4.78 is 34.1. The third-order valence-electron chi connectivity index (χ3n) is 3.85. The highest BCUT2D eigenvalue weighted by atomic mass is 35.5. The van der Waals surface area contributed by atoms with E-state index in [1.54, 1.807) is 0 Å². The molecule has 1 aliphatic rings. The first-order chi connectivity index (χ1) is 15.6. The fourth-order valence-electron chi connectivity index (χ4n) is 2.46. The summed E-state index contributed by atoms with van der Waals surface area (Å²) in [7, 11) is -2.28. The molecular formula is C13H14ClN9O7S3. The lowest BCUT2D eigenvalue weighted by Gasteiger charge is -2.42. The number of amides is 3. The molecule has 2 atom stereocenters. The number of carbonyl (C=O) groups excluding carboxylic acids is 3. The number of anilines is 1. The van der Waals surface area contributed by atoms with Gasteiger partial charge in [-0.1, -0.05) is 16.9 Å². The third-order valence-corrected chi connectivity index (χ3v) is 7.17. The van der Waals surface area contributed by atoms with E-state index < -0.39 is 39.4 Å². The van der Waals surface area contributed by atoms with Crippen LogP contribution in [0.4, 0.5) is 5.13 Å². The van der Waals surface area contributed by atoms with Crippen LogP contribution in [-0.4, -0.2) is 90.3 Å². The summed E-state index contributed by atoms with van der Waals surface area (Å²) in [5, 5.41) is 19.4. The maximum absolute atomic E-state index is 12.8. The monoisotopic (exact) mass is 539 g/mol. The van der Waals surface area contributed by atoms with Crippen LogP contribution in [0.1, 0.15) is 5.69 Å². The number of aryl methyl sites for hydroxylation is 1. The van der Waals surface area contributed by atoms with E-state index in [0.29, 0.717) is 0 Å². The van der Waals surface area contributed by atoms with E-state index in [2.05, 4.69) is 41.1 Å². The van der Waals surface area contributed by atoms with Crippen molar-refractivity contribution in [2.45, 2.75) is 16.6 Å². The fraction of sp³-hybridized carbons (Fsp3) is 0.385. The number of halogens is 1. The van der Waals surface area contributed by atoms with Crippen molar-refractivity contribution in [3.63, 3.8) is 0 Å². The van der Waals surface area contributed by atoms with Crippen molar-refractivity contribution in [2.24, 2.45) is 12.2 Å². The van der Waals surface area contributed by atoms with Crippen molar-refractivity contribution in [3.8, 4) is 0 Å². The van der Waals surface area contributed by atoms with E-state index in [-0.39, 0.29) is 31.9 Å². The van der Waals surface area contributed by atoms with Gasteiger partial charge in [-0.25, -0.2) is 9.67 Å². The quantitative estimate of drug-likeness (QED) is 0.108. The number of rotatable bonds is 9. The molecule has 3 rings (SSSR count). The standard InChI is InChI=1S/C13H14ClN9O7S3/c1-22-13(18-20-21-22)32-11-8(10(26)23(11)33(27,28)29)17-9(25)7(19-30-2)5-4-31-12(15-5)16-6(24)3-14/h4,8,11H,3H2,1-2H3,(H,17,25)(H,15,16,24)(H,27,28,29)/b19-7-/t8-,11+/m1/s1. The molecule has 1 saturated heterocycles. The molecule has 1 aliphatic heterocycles. The minimum absolute atomic E-state index is 0.00401. The highest BCUT2D eigenvalue weighted by Crippen LogP contribution is 2.35. The number of nitrogens with zero attached hydrogens (tertiary/aromatic N) is 7. The predicted molar refractivity (Wildman–Crippen MR) is 114 cm³/mol. The largest absolute Gasteiger partial charge is 0.398 e. The maximum Gasteiger partial charge on any atom is 0.363 e. The zero-order valence-electron chi connectivity index (χ0n) is 16.6. The van der Waals surface area contributed by atoms with Crippen molar-refractivity contribution >= 4 is 73.6 Å². The summed E-state index contributed by atoms with van der Waals surface area (Å²) in [6.45, 7) is 0. The van der Waals surface area contributed by atoms with Crippen molar-refractivity contribution in [1.82, 2.24) is 34.8 Å². The number of thiazole rings is 1. The Balaban J connectivity index is 1.82. The van der Waals surface area contributed by atoms with Crippen LogP contribution in [0.5, 0.6) is 0 Å². The lowest BCUT2D eigenvalue weighted by Crippen LogP contribution is -2.71. The number of carbonyl (C=O) groups is 3. The van der Waals surface area contributed by atoms with Crippen molar-refractivity contribution in [2.75, 3.05) is 18.3 Å². The summed E-state index contributed by atoms with van der Waals surface area (Å²) in [5.74, 6) is -2.85. The van der Waals surface area contributed by atoms with Gasteiger partial charge < -0.3 is 15.5 Å². The van der Waals surface area contributed by atoms with E-state index in [1.807, 2.05) is 0 Å². The molecule has 3 N–H and O–H groups in total. The minimum Gasteiger partial charge on any atom is -0.398 e. The van der Waals surface area contributed by atoms with Crippen LogP contribution in [0.3, 0.4) is 0 Å². The Bertz CT molecular complexity index is 1210. The first-order valence-electron chi connectivity index (χ1n) is 8.50. The van der Waals surface area contributed by atoms with Crippen LogP contribution in [0.25, 0.3) is 0 Å². The zero-order chi connectivity index (χ0) is 24.3. The molecule has 0 aromatic carbocycles. The van der Waals surface area contributed by atoms with E-state index in [9.17, 15) is 27.4 Å². The molecule has 0 radical (unpaired) electrons. The van der Waals surface area contributed by atoms with Crippen molar-refractivity contribution in [1.29, 1.82) is 0 Å². The Morgan fingerprint density at radius 1 is 1.45 bits per heavy atom. The Morgan fingerprint density at radius 3 is 2.76 bits per heavy atom. The molecule has 2 aromatic rings. The highest BCUT2D eigenvalue weighted by molar-refractivity contribution is 8.00. The van der Waals surface area contributed by atoms with Gasteiger partial charge in [0.2, 0.25) is 11.1 Å². The van der Waals surface area contributed by atoms with E-state index in [1.165, 1.54) is 24.2 Å². The summed E-state index contributed by atoms with van der Waals surface area (Å²) in [4.78, 5) is 45.4. The van der Waals surface area contributed by atoms with Gasteiger partial charge in [0.15, 0.2) is 10.8 Å². The van der Waals surface area contributed by atoms with Crippen LogP contribution in [0, 0.1) is 0 Å². The normalized spacial score (nSPS) is 18.6.